The van der Waals surface area contributed by atoms with Crippen molar-refractivity contribution in [2.24, 2.45) is 0 Å². The fourth-order valence-electron chi connectivity index (χ4n) is 2.22. The molecule has 0 bridgehead atoms. The van der Waals surface area contributed by atoms with Gasteiger partial charge in [-0.3, -0.25) is 0 Å². The average Bonchev–Trinajstić information content (AvgIpc) is 2.53. The molecule has 0 aliphatic rings. The summed E-state index contributed by atoms with van der Waals surface area (Å²) < 4.78 is 23.3. The van der Waals surface area contributed by atoms with E-state index in [4.69, 9.17) is 4.74 Å². The first-order valence-corrected chi connectivity index (χ1v) is 6.55. The molecular formula is C17H15FO4. The molecular weight excluding hydrogens is 287 g/mol. The maximum atomic E-state index is 14.1. The summed E-state index contributed by atoms with van der Waals surface area (Å²) in [5.41, 5.74) is 1.85. The second-order valence-corrected chi connectivity index (χ2v) is 4.68. The Labute approximate surface area is 127 Å². The molecule has 0 heterocycles. The van der Waals surface area contributed by atoms with Crippen molar-refractivity contribution in [3.63, 3.8) is 0 Å². The average molecular weight is 302 g/mol. The number of esters is 2. The predicted molar refractivity (Wildman–Crippen MR) is 79.3 cm³/mol. The second-order valence-electron chi connectivity index (χ2n) is 4.68. The number of carbonyl (C=O) groups is 2. The molecule has 0 saturated heterocycles. The first-order valence-electron chi connectivity index (χ1n) is 6.55. The van der Waals surface area contributed by atoms with Gasteiger partial charge >= 0.3 is 11.9 Å². The third-order valence-electron chi connectivity index (χ3n) is 3.35. The van der Waals surface area contributed by atoms with Crippen LogP contribution in [0, 0.1) is 12.7 Å². The minimum absolute atomic E-state index is 0.0574. The van der Waals surface area contributed by atoms with Crippen LogP contribution in [0.15, 0.2) is 36.4 Å². The van der Waals surface area contributed by atoms with Crippen molar-refractivity contribution in [3.8, 4) is 11.1 Å². The Balaban J connectivity index is 2.76. The third-order valence-corrected chi connectivity index (χ3v) is 3.35. The lowest BCUT2D eigenvalue weighted by Gasteiger charge is -2.13. The van der Waals surface area contributed by atoms with Crippen molar-refractivity contribution in [2.45, 2.75) is 6.92 Å². The zero-order chi connectivity index (χ0) is 16.3. The van der Waals surface area contributed by atoms with Gasteiger partial charge in [-0.05, 0) is 35.7 Å². The first kappa shape index (κ1) is 15.7. The van der Waals surface area contributed by atoms with Crippen LogP contribution in [-0.4, -0.2) is 26.2 Å². The number of methoxy groups -OCH3 is 2. The third kappa shape index (κ3) is 2.83. The molecule has 0 aromatic heterocycles. The number of benzene rings is 2. The zero-order valence-corrected chi connectivity index (χ0v) is 12.5. The Morgan fingerprint density at radius 2 is 1.50 bits per heavy atom. The molecule has 22 heavy (non-hydrogen) atoms. The Morgan fingerprint density at radius 1 is 0.909 bits per heavy atom. The fraction of sp³-hybridized carbons (Fsp3) is 0.176. The maximum absolute atomic E-state index is 14.1. The largest absolute Gasteiger partial charge is 0.465 e. The molecule has 0 amide bonds. The Bertz CT molecular complexity index is 737. The van der Waals surface area contributed by atoms with Crippen molar-refractivity contribution < 1.29 is 23.5 Å². The summed E-state index contributed by atoms with van der Waals surface area (Å²) in [7, 11) is 2.39. The number of aryl methyl sites for hydroxylation is 1. The molecule has 114 valence electrons. The van der Waals surface area contributed by atoms with Gasteiger partial charge in [0.25, 0.3) is 0 Å². The van der Waals surface area contributed by atoms with Gasteiger partial charge in [-0.15, -0.1) is 0 Å². The minimum atomic E-state index is -0.829. The van der Waals surface area contributed by atoms with Gasteiger partial charge in [-0.2, -0.15) is 0 Å². The smallest absolute Gasteiger partial charge is 0.340 e. The van der Waals surface area contributed by atoms with Crippen molar-refractivity contribution in [1.29, 1.82) is 0 Å². The summed E-state index contributed by atoms with van der Waals surface area (Å²) in [5.74, 6) is -2.30. The summed E-state index contributed by atoms with van der Waals surface area (Å²) in [4.78, 5) is 23.6. The molecule has 0 atom stereocenters. The molecule has 0 unspecified atom stereocenters. The SMILES string of the molecule is COC(=O)c1cc(-c2ccccc2C)c(C(=O)OC)cc1F. The molecule has 0 aliphatic heterocycles. The van der Waals surface area contributed by atoms with E-state index in [9.17, 15) is 14.0 Å². The Hall–Kier alpha value is -2.69. The molecule has 2 aromatic carbocycles. The van der Waals surface area contributed by atoms with E-state index in [1.165, 1.54) is 20.3 Å². The highest BCUT2D eigenvalue weighted by molar-refractivity contribution is 6.00. The van der Waals surface area contributed by atoms with Gasteiger partial charge in [0.1, 0.15) is 5.82 Å². The molecule has 2 aromatic rings. The van der Waals surface area contributed by atoms with E-state index in [0.29, 0.717) is 11.1 Å². The van der Waals surface area contributed by atoms with Gasteiger partial charge in [0.2, 0.25) is 0 Å². The van der Waals surface area contributed by atoms with Crippen LogP contribution in [0.4, 0.5) is 4.39 Å². The molecule has 0 fully saturated rings. The van der Waals surface area contributed by atoms with Gasteiger partial charge in [0.05, 0.1) is 25.3 Å². The van der Waals surface area contributed by atoms with Crippen molar-refractivity contribution in [3.05, 3.63) is 58.9 Å². The van der Waals surface area contributed by atoms with Crippen LogP contribution >= 0.6 is 0 Å². The number of halogens is 1. The van der Waals surface area contributed by atoms with Crippen molar-refractivity contribution in [2.75, 3.05) is 14.2 Å². The van der Waals surface area contributed by atoms with E-state index in [1.807, 2.05) is 19.1 Å². The van der Waals surface area contributed by atoms with Gasteiger partial charge < -0.3 is 9.47 Å². The van der Waals surface area contributed by atoms with E-state index < -0.39 is 17.8 Å². The topological polar surface area (TPSA) is 52.6 Å². The lowest BCUT2D eigenvalue weighted by Crippen LogP contribution is -2.10. The lowest BCUT2D eigenvalue weighted by atomic mass is 9.94. The number of hydrogen-bond acceptors (Lipinski definition) is 4. The van der Waals surface area contributed by atoms with Crippen LogP contribution in [0.2, 0.25) is 0 Å². The van der Waals surface area contributed by atoms with Crippen LogP contribution in [-0.2, 0) is 9.47 Å². The molecule has 0 saturated carbocycles. The van der Waals surface area contributed by atoms with Crippen LogP contribution in [0.3, 0.4) is 0 Å². The first-order chi connectivity index (χ1) is 10.5. The normalized spacial score (nSPS) is 10.2. The maximum Gasteiger partial charge on any atom is 0.340 e. The highest BCUT2D eigenvalue weighted by Crippen LogP contribution is 2.30. The molecule has 0 radical (unpaired) electrons. The molecule has 4 nitrogen and oxygen atoms in total. The molecule has 0 aliphatic carbocycles. The van der Waals surface area contributed by atoms with E-state index in [2.05, 4.69) is 4.74 Å². The van der Waals surface area contributed by atoms with Crippen LogP contribution in [0.5, 0.6) is 0 Å². The summed E-state index contributed by atoms with van der Waals surface area (Å²) in [6, 6.07) is 9.61. The minimum Gasteiger partial charge on any atom is -0.465 e. The number of carbonyl (C=O) groups excluding carboxylic acids is 2. The van der Waals surface area contributed by atoms with Gasteiger partial charge in [0.15, 0.2) is 0 Å². The highest BCUT2D eigenvalue weighted by Gasteiger charge is 2.21. The number of ether oxygens (including phenoxy) is 2. The van der Waals surface area contributed by atoms with E-state index in [-0.39, 0.29) is 11.1 Å². The van der Waals surface area contributed by atoms with Gasteiger partial charge in [-0.25, -0.2) is 14.0 Å². The fourth-order valence-corrected chi connectivity index (χ4v) is 2.22. The van der Waals surface area contributed by atoms with Crippen molar-refractivity contribution >= 4 is 11.9 Å². The predicted octanol–water partition coefficient (Wildman–Crippen LogP) is 3.37. The Morgan fingerprint density at radius 3 is 2.09 bits per heavy atom. The molecule has 0 spiro atoms. The lowest BCUT2D eigenvalue weighted by molar-refractivity contribution is 0.0582. The molecule has 2 rings (SSSR count). The van der Waals surface area contributed by atoms with E-state index >= 15 is 0 Å². The summed E-state index contributed by atoms with van der Waals surface area (Å²) >= 11 is 0. The summed E-state index contributed by atoms with van der Waals surface area (Å²) in [5, 5.41) is 0. The van der Waals surface area contributed by atoms with Crippen LogP contribution in [0.25, 0.3) is 11.1 Å². The highest BCUT2D eigenvalue weighted by atomic mass is 19.1. The summed E-state index contributed by atoms with van der Waals surface area (Å²) in [6.07, 6.45) is 0. The van der Waals surface area contributed by atoms with Crippen LogP contribution in [0.1, 0.15) is 26.3 Å². The second kappa shape index (κ2) is 6.39. The molecule has 5 heteroatoms. The summed E-state index contributed by atoms with van der Waals surface area (Å²) in [6.45, 7) is 1.86. The Kier molecular flexibility index (Phi) is 4.56. The number of rotatable bonds is 3. The van der Waals surface area contributed by atoms with Gasteiger partial charge in [0, 0.05) is 0 Å². The van der Waals surface area contributed by atoms with Crippen LogP contribution < -0.4 is 0 Å². The zero-order valence-electron chi connectivity index (χ0n) is 12.5. The van der Waals surface area contributed by atoms with Gasteiger partial charge in [-0.1, -0.05) is 24.3 Å². The van der Waals surface area contributed by atoms with Crippen molar-refractivity contribution in [1.82, 2.24) is 0 Å². The number of hydrogen-bond donors (Lipinski definition) is 0. The quantitative estimate of drug-likeness (QED) is 0.816. The molecule has 0 N–H and O–H groups in total. The van der Waals surface area contributed by atoms with E-state index in [0.717, 1.165) is 11.6 Å². The van der Waals surface area contributed by atoms with E-state index in [1.54, 1.807) is 12.1 Å². The standard InChI is InChI=1S/C17H15FO4/c1-10-6-4-5-7-11(10)12-8-14(17(20)22-3)15(18)9-13(12)16(19)21-2/h4-9H,1-3H3. The monoisotopic (exact) mass is 302 g/mol.